The van der Waals surface area contributed by atoms with E-state index in [1.807, 2.05) is 61.5 Å². The van der Waals surface area contributed by atoms with Crippen LogP contribution in [-0.4, -0.2) is 32.0 Å². The quantitative estimate of drug-likeness (QED) is 0.422. The van der Waals surface area contributed by atoms with E-state index in [0.717, 1.165) is 48.1 Å². The molecule has 0 radical (unpaired) electrons. The fourth-order valence-electron chi connectivity index (χ4n) is 4.15. The van der Waals surface area contributed by atoms with Gasteiger partial charge in [-0.25, -0.2) is 9.78 Å². The molecule has 182 valence electrons. The molecule has 1 heterocycles. The van der Waals surface area contributed by atoms with Crippen LogP contribution in [0.3, 0.4) is 0 Å². The third-order valence-electron chi connectivity index (χ3n) is 6.44. The number of aromatic nitrogens is 2. The van der Waals surface area contributed by atoms with Gasteiger partial charge in [0.2, 0.25) is 5.78 Å². The zero-order valence-electron chi connectivity index (χ0n) is 20.6. The fraction of sp³-hybridized carbons (Fsp3) is 0.345. The zero-order chi connectivity index (χ0) is 25.0. The van der Waals surface area contributed by atoms with Crippen molar-refractivity contribution in [3.63, 3.8) is 0 Å². The lowest BCUT2D eigenvalue weighted by molar-refractivity contribution is -0.162. The second-order valence-electron chi connectivity index (χ2n) is 9.59. The number of carboxylic acids is 1. The number of allylic oxidation sites excluding steroid dienone is 1. The smallest absolute Gasteiger partial charge is 0.335 e. The van der Waals surface area contributed by atoms with Gasteiger partial charge in [0, 0.05) is 17.8 Å². The molecule has 0 saturated carbocycles. The summed E-state index contributed by atoms with van der Waals surface area (Å²) in [6.45, 7) is 5.90. The molecule has 6 nitrogen and oxygen atoms in total. The van der Waals surface area contributed by atoms with Crippen molar-refractivity contribution in [1.29, 1.82) is 0 Å². The van der Waals surface area contributed by atoms with Crippen molar-refractivity contribution in [2.24, 2.45) is 0 Å². The molecular weight excluding hydrogens is 440 g/mol. The van der Waals surface area contributed by atoms with Crippen LogP contribution in [0.15, 0.2) is 54.6 Å². The van der Waals surface area contributed by atoms with Crippen molar-refractivity contribution < 1.29 is 19.4 Å². The van der Waals surface area contributed by atoms with E-state index in [-0.39, 0.29) is 12.4 Å². The minimum Gasteiger partial charge on any atom is -0.479 e. The van der Waals surface area contributed by atoms with Gasteiger partial charge in [-0.05, 0) is 57.6 Å². The topological polar surface area (TPSA) is 81.4 Å². The molecule has 0 bridgehead atoms. The van der Waals surface area contributed by atoms with E-state index in [1.54, 1.807) is 13.8 Å². The Morgan fingerprint density at radius 1 is 1.06 bits per heavy atom. The second-order valence-corrected chi connectivity index (χ2v) is 9.59. The van der Waals surface area contributed by atoms with Crippen LogP contribution in [0.2, 0.25) is 0 Å². The molecule has 0 spiro atoms. The normalized spacial score (nSPS) is 13.7. The van der Waals surface area contributed by atoms with Crippen LogP contribution in [0.4, 0.5) is 0 Å². The molecule has 0 aliphatic heterocycles. The summed E-state index contributed by atoms with van der Waals surface area (Å²) in [5.41, 5.74) is 4.70. The Hall–Kier alpha value is -3.51. The number of benzene rings is 2. The van der Waals surface area contributed by atoms with E-state index >= 15 is 0 Å². The number of hydrogen-bond donors (Lipinski definition) is 1. The average molecular weight is 473 g/mol. The Balaban J connectivity index is 1.49. The van der Waals surface area contributed by atoms with Gasteiger partial charge in [0.25, 0.3) is 0 Å². The first-order valence-corrected chi connectivity index (χ1v) is 12.1. The van der Waals surface area contributed by atoms with Gasteiger partial charge in [-0.15, -0.1) is 0 Å². The second kappa shape index (κ2) is 10.4. The minimum atomic E-state index is -1.23. The highest BCUT2D eigenvalue weighted by molar-refractivity contribution is 6.06. The zero-order valence-corrected chi connectivity index (χ0v) is 20.6. The van der Waals surface area contributed by atoms with Crippen molar-refractivity contribution in [2.75, 3.05) is 0 Å². The molecule has 3 aromatic rings. The van der Waals surface area contributed by atoms with Crippen molar-refractivity contribution in [1.82, 2.24) is 9.55 Å². The number of carboxylic acid groups (broad SMARTS) is 1. The molecule has 1 N–H and O–H groups in total. The largest absolute Gasteiger partial charge is 0.479 e. The molecule has 6 heteroatoms. The van der Waals surface area contributed by atoms with Crippen LogP contribution in [0, 0.1) is 6.92 Å². The van der Waals surface area contributed by atoms with E-state index < -0.39 is 11.6 Å². The number of ether oxygens (including phenoxy) is 1. The van der Waals surface area contributed by atoms with Gasteiger partial charge in [0.15, 0.2) is 11.4 Å². The van der Waals surface area contributed by atoms with Gasteiger partial charge in [-0.3, -0.25) is 4.79 Å². The highest BCUT2D eigenvalue weighted by atomic mass is 16.5. The number of nitrogens with zero attached hydrogens (tertiary/aromatic N) is 2. The van der Waals surface area contributed by atoms with E-state index in [2.05, 4.69) is 10.6 Å². The number of imidazole rings is 1. The summed E-state index contributed by atoms with van der Waals surface area (Å²) >= 11 is 0. The Kier molecular flexibility index (Phi) is 7.31. The summed E-state index contributed by atoms with van der Waals surface area (Å²) < 4.78 is 7.59. The van der Waals surface area contributed by atoms with Crippen LogP contribution in [0.5, 0.6) is 0 Å². The number of hydrogen-bond acceptors (Lipinski definition) is 4. The minimum absolute atomic E-state index is 0.0403. The summed E-state index contributed by atoms with van der Waals surface area (Å²) in [5, 5.41) is 9.18. The third kappa shape index (κ3) is 5.77. The fourth-order valence-corrected chi connectivity index (χ4v) is 4.15. The van der Waals surface area contributed by atoms with Crippen LogP contribution >= 0.6 is 0 Å². The van der Waals surface area contributed by atoms with Gasteiger partial charge >= 0.3 is 5.97 Å². The van der Waals surface area contributed by atoms with E-state index in [1.165, 1.54) is 5.69 Å². The molecule has 2 aromatic carbocycles. The molecule has 0 unspecified atom stereocenters. The lowest BCUT2D eigenvalue weighted by atomic mass is 10.0. The third-order valence-corrected chi connectivity index (χ3v) is 6.44. The number of carbonyl (C=O) groups excluding carboxylic acids is 1. The van der Waals surface area contributed by atoms with Gasteiger partial charge in [-0.1, -0.05) is 66.2 Å². The first kappa shape index (κ1) is 24.6. The molecule has 0 fully saturated rings. The maximum atomic E-state index is 13.3. The number of aryl methyl sites for hydroxylation is 2. The lowest BCUT2D eigenvalue weighted by Crippen LogP contribution is -2.34. The van der Waals surface area contributed by atoms with E-state index in [4.69, 9.17) is 9.72 Å². The highest BCUT2D eigenvalue weighted by Gasteiger charge is 2.28. The Bertz CT molecular complexity index is 1230. The highest BCUT2D eigenvalue weighted by Crippen LogP contribution is 2.24. The van der Waals surface area contributed by atoms with Gasteiger partial charge in [0.05, 0.1) is 12.3 Å². The van der Waals surface area contributed by atoms with Gasteiger partial charge in [0.1, 0.15) is 0 Å². The Labute approximate surface area is 206 Å². The standard InChI is InChI=1S/C29H32N2O4/c1-20-10-16-23(17-11-20)26(32)27-30-24-8-4-5-9-25(24)31(27)18-6-7-21-12-14-22(15-13-21)19-35-29(2,3)28(33)34/h6-7,10-17H,4-5,8-9,18-19H2,1-3H3,(H,33,34). The van der Waals surface area contributed by atoms with E-state index in [0.29, 0.717) is 17.9 Å². The Morgan fingerprint density at radius 2 is 1.74 bits per heavy atom. The molecule has 0 amide bonds. The monoisotopic (exact) mass is 472 g/mol. The maximum Gasteiger partial charge on any atom is 0.335 e. The van der Waals surface area contributed by atoms with Crippen LogP contribution in [0.1, 0.15) is 70.9 Å². The molecule has 35 heavy (non-hydrogen) atoms. The summed E-state index contributed by atoms with van der Waals surface area (Å²) in [6, 6.07) is 15.5. The van der Waals surface area contributed by atoms with Crippen LogP contribution in [-0.2, 0) is 35.5 Å². The van der Waals surface area contributed by atoms with Crippen LogP contribution < -0.4 is 0 Å². The summed E-state index contributed by atoms with van der Waals surface area (Å²) in [7, 11) is 0. The molecule has 1 aliphatic rings. The van der Waals surface area contributed by atoms with Gasteiger partial charge < -0.3 is 14.4 Å². The molecule has 0 saturated heterocycles. The number of carbonyl (C=O) groups is 2. The van der Waals surface area contributed by atoms with Crippen molar-refractivity contribution in [3.8, 4) is 0 Å². The van der Waals surface area contributed by atoms with Crippen molar-refractivity contribution in [3.05, 3.63) is 94.1 Å². The SMILES string of the molecule is Cc1ccc(C(=O)c2nc3c(n2CC=Cc2ccc(COC(C)(C)C(=O)O)cc2)CCCC3)cc1. The number of fused-ring (bicyclic) bond motifs is 1. The average Bonchev–Trinajstić information content (AvgIpc) is 3.22. The van der Waals surface area contributed by atoms with Crippen LogP contribution in [0.25, 0.3) is 6.08 Å². The molecule has 4 rings (SSSR count). The summed E-state index contributed by atoms with van der Waals surface area (Å²) in [4.78, 5) is 29.2. The number of ketones is 1. The number of aliphatic carboxylic acids is 1. The summed E-state index contributed by atoms with van der Waals surface area (Å²) in [6.07, 6.45) is 8.17. The van der Waals surface area contributed by atoms with Crippen molar-refractivity contribution >= 4 is 17.8 Å². The van der Waals surface area contributed by atoms with Gasteiger partial charge in [-0.2, -0.15) is 0 Å². The first-order valence-electron chi connectivity index (χ1n) is 12.1. The predicted molar refractivity (Wildman–Crippen MR) is 135 cm³/mol. The molecular formula is C29H32N2O4. The lowest BCUT2D eigenvalue weighted by Gasteiger charge is -2.20. The predicted octanol–water partition coefficient (Wildman–Crippen LogP) is 5.39. The molecule has 1 aromatic heterocycles. The first-order chi connectivity index (χ1) is 16.7. The molecule has 1 aliphatic carbocycles. The number of rotatable bonds is 9. The van der Waals surface area contributed by atoms with E-state index in [9.17, 15) is 14.7 Å². The maximum absolute atomic E-state index is 13.3. The molecule has 0 atom stereocenters. The Morgan fingerprint density at radius 3 is 2.43 bits per heavy atom. The van der Waals surface area contributed by atoms with Crippen molar-refractivity contribution in [2.45, 2.75) is 65.2 Å². The summed E-state index contributed by atoms with van der Waals surface area (Å²) in [5.74, 6) is -0.514.